The Kier molecular flexibility index (Phi) is 5.78. The van der Waals surface area contributed by atoms with Gasteiger partial charge in [-0.25, -0.2) is 0 Å². The summed E-state index contributed by atoms with van der Waals surface area (Å²) in [6, 6.07) is 6.49. The van der Waals surface area contributed by atoms with Crippen LogP contribution in [0.2, 0.25) is 0 Å². The van der Waals surface area contributed by atoms with Crippen LogP contribution in [0.5, 0.6) is 0 Å². The average molecular weight is 295 g/mol. The van der Waals surface area contributed by atoms with Crippen molar-refractivity contribution < 1.29 is 4.74 Å². The van der Waals surface area contributed by atoms with Crippen LogP contribution in [0.4, 0.5) is 0 Å². The molecule has 0 atom stereocenters. The molecule has 102 valence electrons. The Morgan fingerprint density at radius 1 is 1.42 bits per heavy atom. The Hall–Kier alpha value is -0.950. The number of methoxy groups -OCH3 is 1. The van der Waals surface area contributed by atoms with Gasteiger partial charge in [-0.2, -0.15) is 0 Å². The van der Waals surface area contributed by atoms with Crippen molar-refractivity contribution in [2.45, 2.75) is 22.7 Å². The van der Waals surface area contributed by atoms with Crippen LogP contribution >= 0.6 is 23.1 Å². The minimum absolute atomic E-state index is 0.740. The molecule has 0 saturated carbocycles. The normalized spacial score (nSPS) is 10.8. The summed E-state index contributed by atoms with van der Waals surface area (Å²) in [6.45, 7) is 4.62. The number of hydrogen-bond donors (Lipinski definition) is 1. The highest BCUT2D eigenvalue weighted by Crippen LogP contribution is 2.29. The van der Waals surface area contributed by atoms with Crippen molar-refractivity contribution in [3.05, 3.63) is 34.8 Å². The lowest BCUT2D eigenvalue weighted by atomic mass is 10.1. The topological polar surface area (TPSA) is 47.0 Å². The van der Waals surface area contributed by atoms with Crippen molar-refractivity contribution in [1.29, 1.82) is 0 Å². The first-order valence-corrected chi connectivity index (χ1v) is 7.72. The molecule has 1 heterocycles. The van der Waals surface area contributed by atoms with Crippen LogP contribution in [-0.4, -0.2) is 30.5 Å². The fourth-order valence-electron chi connectivity index (χ4n) is 1.64. The average Bonchev–Trinajstić information content (AvgIpc) is 2.90. The van der Waals surface area contributed by atoms with Gasteiger partial charge < -0.3 is 10.1 Å². The Bertz CT molecular complexity index is 503. The maximum absolute atomic E-state index is 5.01. The van der Waals surface area contributed by atoms with E-state index < -0.39 is 0 Å². The summed E-state index contributed by atoms with van der Waals surface area (Å²) < 4.78 is 5.99. The molecule has 0 fully saturated rings. The Labute approximate surface area is 121 Å². The Morgan fingerprint density at radius 2 is 2.32 bits per heavy atom. The third-order valence-electron chi connectivity index (χ3n) is 2.66. The molecule has 0 radical (unpaired) electrons. The molecule has 0 aliphatic heterocycles. The van der Waals surface area contributed by atoms with E-state index >= 15 is 0 Å². The lowest BCUT2D eigenvalue weighted by molar-refractivity contribution is 0.199. The van der Waals surface area contributed by atoms with Crippen molar-refractivity contribution in [2.75, 3.05) is 20.3 Å². The first-order valence-electron chi connectivity index (χ1n) is 6.03. The molecule has 0 unspecified atom stereocenters. The number of ether oxygens (including phenoxy) is 1. The molecule has 0 aliphatic rings. The predicted octanol–water partition coefficient (Wildman–Crippen LogP) is 2.73. The van der Waals surface area contributed by atoms with E-state index in [0.29, 0.717) is 0 Å². The Morgan fingerprint density at radius 3 is 3.00 bits per heavy atom. The third-order valence-corrected chi connectivity index (χ3v) is 4.43. The van der Waals surface area contributed by atoms with Gasteiger partial charge in [0.1, 0.15) is 5.51 Å². The van der Waals surface area contributed by atoms with Crippen molar-refractivity contribution in [3.63, 3.8) is 0 Å². The van der Waals surface area contributed by atoms with E-state index in [4.69, 9.17) is 4.74 Å². The van der Waals surface area contributed by atoms with Gasteiger partial charge >= 0.3 is 0 Å². The van der Waals surface area contributed by atoms with Crippen LogP contribution < -0.4 is 5.32 Å². The molecule has 19 heavy (non-hydrogen) atoms. The molecule has 0 amide bonds. The summed E-state index contributed by atoms with van der Waals surface area (Å²) >= 11 is 3.22. The zero-order chi connectivity index (χ0) is 13.5. The number of aryl methyl sites for hydroxylation is 1. The van der Waals surface area contributed by atoms with Gasteiger partial charge in [-0.05, 0) is 30.2 Å². The molecule has 1 aromatic heterocycles. The summed E-state index contributed by atoms with van der Waals surface area (Å²) in [7, 11) is 1.71. The first kappa shape index (κ1) is 14.5. The number of aromatic nitrogens is 2. The second-order valence-electron chi connectivity index (χ2n) is 4.06. The summed E-state index contributed by atoms with van der Waals surface area (Å²) in [5, 5.41) is 11.2. The van der Waals surface area contributed by atoms with Gasteiger partial charge in [0.25, 0.3) is 0 Å². The highest BCUT2D eigenvalue weighted by atomic mass is 32.2. The van der Waals surface area contributed by atoms with Gasteiger partial charge in [0, 0.05) is 25.1 Å². The first-order chi connectivity index (χ1) is 9.29. The zero-order valence-electron chi connectivity index (χ0n) is 11.0. The van der Waals surface area contributed by atoms with E-state index in [0.717, 1.165) is 24.0 Å². The van der Waals surface area contributed by atoms with Crippen molar-refractivity contribution in [1.82, 2.24) is 15.5 Å². The molecule has 2 rings (SSSR count). The lowest BCUT2D eigenvalue weighted by Gasteiger charge is -2.09. The maximum Gasteiger partial charge on any atom is 0.178 e. The minimum atomic E-state index is 0.740. The van der Waals surface area contributed by atoms with Crippen LogP contribution in [-0.2, 0) is 11.3 Å². The predicted molar refractivity (Wildman–Crippen MR) is 78.8 cm³/mol. The molecule has 0 saturated heterocycles. The number of nitrogens with zero attached hydrogens (tertiary/aromatic N) is 2. The molecule has 1 aromatic carbocycles. The standard InChI is InChI=1S/C13H17N3OS2/c1-10-7-12(19-13-16-15-9-18-13)4-3-11(10)8-14-5-6-17-2/h3-4,7,9,14H,5-6,8H2,1-2H3. The third kappa shape index (κ3) is 4.58. The quantitative estimate of drug-likeness (QED) is 0.796. The molecular weight excluding hydrogens is 278 g/mol. The number of benzene rings is 1. The van der Waals surface area contributed by atoms with Gasteiger partial charge in [0.15, 0.2) is 4.34 Å². The fourth-order valence-corrected chi connectivity index (χ4v) is 3.19. The van der Waals surface area contributed by atoms with E-state index in [2.05, 4.69) is 40.6 Å². The molecule has 4 nitrogen and oxygen atoms in total. The molecule has 1 N–H and O–H groups in total. The smallest absolute Gasteiger partial charge is 0.178 e. The molecule has 6 heteroatoms. The van der Waals surface area contributed by atoms with E-state index in [1.165, 1.54) is 16.0 Å². The highest BCUT2D eigenvalue weighted by Gasteiger charge is 2.04. The second-order valence-corrected chi connectivity index (χ2v) is 6.22. The number of rotatable bonds is 7. The van der Waals surface area contributed by atoms with E-state index in [-0.39, 0.29) is 0 Å². The van der Waals surface area contributed by atoms with E-state index in [1.54, 1.807) is 35.7 Å². The summed E-state index contributed by atoms with van der Waals surface area (Å²) in [5.74, 6) is 0. The van der Waals surface area contributed by atoms with Gasteiger partial charge in [-0.15, -0.1) is 10.2 Å². The van der Waals surface area contributed by atoms with Gasteiger partial charge in [0.05, 0.1) is 6.61 Å². The second kappa shape index (κ2) is 7.59. The van der Waals surface area contributed by atoms with Crippen LogP contribution in [0.1, 0.15) is 11.1 Å². The largest absolute Gasteiger partial charge is 0.383 e. The van der Waals surface area contributed by atoms with Crippen molar-refractivity contribution >= 4 is 23.1 Å². The molecular formula is C13H17N3OS2. The molecule has 0 aliphatic carbocycles. The minimum Gasteiger partial charge on any atom is -0.383 e. The molecule has 2 aromatic rings. The van der Waals surface area contributed by atoms with Gasteiger partial charge in [-0.3, -0.25) is 0 Å². The molecule has 0 bridgehead atoms. The fraction of sp³-hybridized carbons (Fsp3) is 0.385. The van der Waals surface area contributed by atoms with Gasteiger partial charge in [-0.1, -0.05) is 29.2 Å². The van der Waals surface area contributed by atoms with Crippen LogP contribution in [0, 0.1) is 6.92 Å². The summed E-state index contributed by atoms with van der Waals surface area (Å²) in [5.41, 5.74) is 4.36. The number of hydrogen-bond acceptors (Lipinski definition) is 6. The Balaban J connectivity index is 1.93. The van der Waals surface area contributed by atoms with Crippen molar-refractivity contribution in [2.24, 2.45) is 0 Å². The lowest BCUT2D eigenvalue weighted by Crippen LogP contribution is -2.19. The van der Waals surface area contributed by atoms with E-state index in [1.807, 2.05) is 0 Å². The highest BCUT2D eigenvalue weighted by molar-refractivity contribution is 8.01. The van der Waals surface area contributed by atoms with E-state index in [9.17, 15) is 0 Å². The molecule has 0 spiro atoms. The van der Waals surface area contributed by atoms with Crippen LogP contribution in [0.25, 0.3) is 0 Å². The summed E-state index contributed by atoms with van der Waals surface area (Å²) in [4.78, 5) is 1.20. The SMILES string of the molecule is COCCNCc1ccc(Sc2nncs2)cc1C. The van der Waals surface area contributed by atoms with Crippen molar-refractivity contribution in [3.8, 4) is 0 Å². The van der Waals surface area contributed by atoms with Crippen LogP contribution in [0.3, 0.4) is 0 Å². The van der Waals surface area contributed by atoms with Gasteiger partial charge in [0.2, 0.25) is 0 Å². The summed E-state index contributed by atoms with van der Waals surface area (Å²) in [6.07, 6.45) is 0. The van der Waals surface area contributed by atoms with Crippen LogP contribution in [0.15, 0.2) is 32.9 Å². The monoisotopic (exact) mass is 295 g/mol. The zero-order valence-corrected chi connectivity index (χ0v) is 12.7. The number of nitrogens with one attached hydrogen (secondary N) is 1. The maximum atomic E-state index is 5.01.